The Hall–Kier alpha value is -1.06. The van der Waals surface area contributed by atoms with E-state index in [1.54, 1.807) is 0 Å². The van der Waals surface area contributed by atoms with Crippen molar-refractivity contribution in [3.63, 3.8) is 0 Å². The van der Waals surface area contributed by atoms with E-state index in [1.807, 2.05) is 0 Å². The second kappa shape index (κ2) is 4.56. The van der Waals surface area contributed by atoms with Crippen LogP contribution in [0.4, 0.5) is 0 Å². The second-order valence-electron chi connectivity index (χ2n) is 6.44. The lowest BCUT2D eigenvalue weighted by atomic mass is 9.51. The van der Waals surface area contributed by atoms with Crippen molar-refractivity contribution in [3.05, 3.63) is 0 Å². The molecule has 0 aromatic heterocycles. The normalized spacial score (nSPS) is 40.8. The van der Waals surface area contributed by atoms with Crippen molar-refractivity contribution in [2.24, 2.45) is 29.6 Å². The number of carboxylic acids is 1. The first kappa shape index (κ1) is 12.0. The van der Waals surface area contributed by atoms with Gasteiger partial charge in [-0.2, -0.15) is 0 Å². The van der Waals surface area contributed by atoms with Crippen LogP contribution >= 0.6 is 0 Å². The van der Waals surface area contributed by atoms with Gasteiger partial charge in [-0.1, -0.05) is 0 Å². The van der Waals surface area contributed by atoms with Crippen molar-refractivity contribution in [2.45, 2.75) is 38.5 Å². The molecule has 4 heteroatoms. The van der Waals surface area contributed by atoms with Crippen LogP contribution in [0.3, 0.4) is 0 Å². The Labute approximate surface area is 107 Å². The summed E-state index contributed by atoms with van der Waals surface area (Å²) in [4.78, 5) is 21.4. The van der Waals surface area contributed by atoms with Gasteiger partial charge in [-0.3, -0.25) is 4.79 Å². The molecule has 0 radical (unpaired) electrons. The number of hydrogen-bond donors (Lipinski definition) is 2. The molecule has 4 aliphatic rings. The van der Waals surface area contributed by atoms with Crippen LogP contribution in [0, 0.1) is 29.6 Å². The van der Waals surface area contributed by atoms with Crippen LogP contribution in [0.5, 0.6) is 0 Å². The summed E-state index contributed by atoms with van der Waals surface area (Å²) in [6.45, 7) is 0.526. The van der Waals surface area contributed by atoms with E-state index < -0.39 is 11.9 Å². The van der Waals surface area contributed by atoms with Gasteiger partial charge < -0.3 is 10.4 Å². The highest BCUT2D eigenvalue weighted by molar-refractivity contribution is 6.31. The largest absolute Gasteiger partial charge is 0.474 e. The lowest BCUT2D eigenvalue weighted by Crippen LogP contribution is -2.46. The Morgan fingerprint density at radius 1 is 1.00 bits per heavy atom. The van der Waals surface area contributed by atoms with E-state index in [1.165, 1.54) is 32.1 Å². The molecule has 2 N–H and O–H groups in total. The molecule has 0 aliphatic heterocycles. The highest BCUT2D eigenvalue weighted by Gasteiger charge is 2.47. The third kappa shape index (κ3) is 2.13. The van der Waals surface area contributed by atoms with Crippen LogP contribution in [0.2, 0.25) is 0 Å². The van der Waals surface area contributed by atoms with Crippen molar-refractivity contribution in [2.75, 3.05) is 6.54 Å². The van der Waals surface area contributed by atoms with E-state index >= 15 is 0 Å². The molecule has 4 fully saturated rings. The smallest absolute Gasteiger partial charge is 0.394 e. The molecule has 0 unspecified atom stereocenters. The lowest BCUT2D eigenvalue weighted by molar-refractivity contribution is -0.150. The van der Waals surface area contributed by atoms with Gasteiger partial charge in [0.15, 0.2) is 0 Å². The molecule has 18 heavy (non-hydrogen) atoms. The first-order valence-electron chi connectivity index (χ1n) is 7.14. The van der Waals surface area contributed by atoms with Crippen molar-refractivity contribution in [1.82, 2.24) is 5.32 Å². The molecule has 0 aromatic rings. The van der Waals surface area contributed by atoms with Crippen molar-refractivity contribution in [3.8, 4) is 0 Å². The molecule has 0 heterocycles. The molecule has 4 aliphatic carbocycles. The lowest BCUT2D eigenvalue weighted by Gasteiger charge is -2.54. The molecule has 1 amide bonds. The van der Waals surface area contributed by atoms with Gasteiger partial charge in [0.2, 0.25) is 0 Å². The van der Waals surface area contributed by atoms with E-state index in [-0.39, 0.29) is 0 Å². The Bertz CT molecular complexity index is 338. The van der Waals surface area contributed by atoms with Crippen LogP contribution in [0.25, 0.3) is 0 Å². The van der Waals surface area contributed by atoms with E-state index in [2.05, 4.69) is 5.32 Å². The standard InChI is InChI=1S/C14H21NO3/c16-13(14(17)18)15-2-1-12-10-4-8-3-9(6-10)7-11(12)5-8/h8-12H,1-7H2,(H,15,16)(H,17,18). The highest BCUT2D eigenvalue weighted by atomic mass is 16.4. The summed E-state index contributed by atoms with van der Waals surface area (Å²) in [5.74, 6) is 2.13. The SMILES string of the molecule is O=C(O)C(=O)NCCC1C2CC3CC(C2)CC1C3. The fourth-order valence-electron chi connectivity index (χ4n) is 4.94. The van der Waals surface area contributed by atoms with Crippen LogP contribution in [0.15, 0.2) is 0 Å². The van der Waals surface area contributed by atoms with Crippen LogP contribution in [0.1, 0.15) is 38.5 Å². The number of carbonyl (C=O) groups is 2. The summed E-state index contributed by atoms with van der Waals surface area (Å²) in [5.41, 5.74) is 0. The second-order valence-corrected chi connectivity index (χ2v) is 6.44. The first-order valence-corrected chi connectivity index (χ1v) is 7.14. The minimum Gasteiger partial charge on any atom is -0.474 e. The summed E-state index contributed by atoms with van der Waals surface area (Å²) >= 11 is 0. The van der Waals surface area contributed by atoms with Gasteiger partial charge in [0.1, 0.15) is 0 Å². The summed E-state index contributed by atoms with van der Waals surface area (Å²) in [7, 11) is 0. The number of rotatable bonds is 3. The summed E-state index contributed by atoms with van der Waals surface area (Å²) in [6.07, 6.45) is 7.94. The number of amides is 1. The Balaban J connectivity index is 1.51. The van der Waals surface area contributed by atoms with Crippen LogP contribution in [-0.2, 0) is 9.59 Å². The third-order valence-electron chi connectivity index (χ3n) is 5.38. The fourth-order valence-corrected chi connectivity index (χ4v) is 4.94. The number of carbonyl (C=O) groups excluding carboxylic acids is 1. The maximum absolute atomic E-state index is 11.0. The minimum absolute atomic E-state index is 0.526. The summed E-state index contributed by atoms with van der Waals surface area (Å²) < 4.78 is 0. The number of carboxylic acid groups (broad SMARTS) is 1. The van der Waals surface area contributed by atoms with Gasteiger partial charge in [-0.15, -0.1) is 0 Å². The third-order valence-corrected chi connectivity index (χ3v) is 5.38. The Morgan fingerprint density at radius 2 is 1.56 bits per heavy atom. The molecule has 100 valence electrons. The predicted molar refractivity (Wildman–Crippen MR) is 65.8 cm³/mol. The maximum Gasteiger partial charge on any atom is 0.394 e. The fraction of sp³-hybridized carbons (Fsp3) is 0.857. The van der Waals surface area contributed by atoms with Crippen LogP contribution < -0.4 is 5.32 Å². The molecule has 0 spiro atoms. The molecule has 0 atom stereocenters. The summed E-state index contributed by atoms with van der Waals surface area (Å²) in [6, 6.07) is 0. The number of aliphatic carboxylic acids is 1. The summed E-state index contributed by atoms with van der Waals surface area (Å²) in [5, 5.41) is 11.0. The molecule has 0 saturated heterocycles. The molecule has 4 nitrogen and oxygen atoms in total. The van der Waals surface area contributed by atoms with Gasteiger partial charge in [-0.25, -0.2) is 4.79 Å². The monoisotopic (exact) mass is 251 g/mol. The molecule has 0 aromatic carbocycles. The molecule has 4 saturated carbocycles. The average molecular weight is 251 g/mol. The van der Waals surface area contributed by atoms with E-state index in [4.69, 9.17) is 5.11 Å². The van der Waals surface area contributed by atoms with Gasteiger partial charge >= 0.3 is 11.9 Å². The number of nitrogens with one attached hydrogen (secondary N) is 1. The highest BCUT2D eigenvalue weighted by Crippen LogP contribution is 2.57. The topological polar surface area (TPSA) is 66.4 Å². The zero-order valence-corrected chi connectivity index (χ0v) is 10.6. The minimum atomic E-state index is -1.37. The molecular formula is C14H21NO3. The average Bonchev–Trinajstić information content (AvgIpc) is 2.31. The first-order chi connectivity index (χ1) is 8.63. The zero-order valence-electron chi connectivity index (χ0n) is 10.6. The molecule has 4 rings (SSSR count). The van der Waals surface area contributed by atoms with Crippen molar-refractivity contribution in [1.29, 1.82) is 0 Å². The predicted octanol–water partition coefficient (Wildman–Crippen LogP) is 1.65. The Morgan fingerprint density at radius 3 is 2.06 bits per heavy atom. The van der Waals surface area contributed by atoms with Gasteiger partial charge in [-0.05, 0) is 68.1 Å². The van der Waals surface area contributed by atoms with Crippen LogP contribution in [-0.4, -0.2) is 23.5 Å². The van der Waals surface area contributed by atoms with Crippen molar-refractivity contribution < 1.29 is 14.7 Å². The van der Waals surface area contributed by atoms with Gasteiger partial charge in [0, 0.05) is 6.54 Å². The van der Waals surface area contributed by atoms with E-state index in [0.717, 1.165) is 36.0 Å². The molecular weight excluding hydrogens is 230 g/mol. The van der Waals surface area contributed by atoms with E-state index in [9.17, 15) is 9.59 Å². The zero-order chi connectivity index (χ0) is 12.7. The van der Waals surface area contributed by atoms with Crippen molar-refractivity contribution >= 4 is 11.9 Å². The van der Waals surface area contributed by atoms with Gasteiger partial charge in [0.25, 0.3) is 0 Å². The molecule has 4 bridgehead atoms. The quantitative estimate of drug-likeness (QED) is 0.749. The van der Waals surface area contributed by atoms with Gasteiger partial charge in [0.05, 0.1) is 0 Å². The van der Waals surface area contributed by atoms with E-state index in [0.29, 0.717) is 6.54 Å². The number of hydrogen-bond acceptors (Lipinski definition) is 2. The maximum atomic E-state index is 11.0. The Kier molecular flexibility index (Phi) is 3.04.